The van der Waals surface area contributed by atoms with E-state index in [0.717, 1.165) is 0 Å². The molecular weight excluding hydrogens is 252 g/mol. The van der Waals surface area contributed by atoms with Crippen LogP contribution in [0.2, 0.25) is 0 Å². The maximum absolute atomic E-state index is 9.97. The highest BCUT2D eigenvalue weighted by Crippen LogP contribution is 2.32. The van der Waals surface area contributed by atoms with Crippen molar-refractivity contribution < 1.29 is 29.9 Å². The molecule has 4 N–H and O–H groups in total. The number of methoxy groups -OCH3 is 2. The van der Waals surface area contributed by atoms with Gasteiger partial charge in [-0.15, -0.1) is 0 Å². The Morgan fingerprint density at radius 1 is 0.895 bits per heavy atom. The SMILES string of the molecule is COCCC=C(O)C(CO)(CO)C(O)=CCCOC. The van der Waals surface area contributed by atoms with Crippen LogP contribution in [-0.4, -0.2) is 61.1 Å². The van der Waals surface area contributed by atoms with E-state index < -0.39 is 18.6 Å². The van der Waals surface area contributed by atoms with Gasteiger partial charge in [-0.05, 0) is 25.0 Å². The van der Waals surface area contributed by atoms with E-state index >= 15 is 0 Å². The van der Waals surface area contributed by atoms with Crippen LogP contribution >= 0.6 is 0 Å². The summed E-state index contributed by atoms with van der Waals surface area (Å²) in [4.78, 5) is 0. The lowest BCUT2D eigenvalue weighted by atomic mass is 9.84. The van der Waals surface area contributed by atoms with Crippen LogP contribution < -0.4 is 0 Å². The highest BCUT2D eigenvalue weighted by atomic mass is 16.5. The van der Waals surface area contributed by atoms with Crippen LogP contribution in [0.1, 0.15) is 12.8 Å². The molecule has 0 spiro atoms. The summed E-state index contributed by atoms with van der Waals surface area (Å²) in [7, 11) is 3.05. The molecule has 0 aromatic carbocycles. The van der Waals surface area contributed by atoms with Gasteiger partial charge in [0.25, 0.3) is 0 Å². The van der Waals surface area contributed by atoms with E-state index in [-0.39, 0.29) is 11.5 Å². The molecule has 0 aliphatic rings. The Balaban J connectivity index is 5.00. The first kappa shape index (κ1) is 17.9. The van der Waals surface area contributed by atoms with Crippen molar-refractivity contribution in [3.05, 3.63) is 23.7 Å². The molecule has 0 rings (SSSR count). The molecular formula is C13H24O6. The van der Waals surface area contributed by atoms with Gasteiger partial charge in [-0.2, -0.15) is 0 Å². The van der Waals surface area contributed by atoms with Crippen LogP contribution in [0.25, 0.3) is 0 Å². The van der Waals surface area contributed by atoms with Crippen molar-refractivity contribution in [2.45, 2.75) is 12.8 Å². The Labute approximate surface area is 113 Å². The first-order valence-electron chi connectivity index (χ1n) is 6.07. The summed E-state index contributed by atoms with van der Waals surface area (Å²) in [6.07, 6.45) is 3.65. The third kappa shape index (κ3) is 5.20. The normalized spacial score (nSPS) is 13.9. The minimum atomic E-state index is -1.57. The van der Waals surface area contributed by atoms with Crippen molar-refractivity contribution >= 4 is 0 Å². The molecule has 0 saturated heterocycles. The van der Waals surface area contributed by atoms with Crippen LogP contribution in [-0.2, 0) is 9.47 Å². The van der Waals surface area contributed by atoms with E-state index in [1.165, 1.54) is 26.4 Å². The minimum absolute atomic E-state index is 0.277. The van der Waals surface area contributed by atoms with Gasteiger partial charge in [-0.3, -0.25) is 0 Å². The number of hydrogen-bond donors (Lipinski definition) is 4. The van der Waals surface area contributed by atoms with Crippen molar-refractivity contribution in [2.75, 3.05) is 40.6 Å². The molecule has 6 nitrogen and oxygen atoms in total. The highest BCUT2D eigenvalue weighted by Gasteiger charge is 2.38. The second-order valence-corrected chi connectivity index (χ2v) is 4.14. The number of aliphatic hydroxyl groups excluding tert-OH is 4. The Bertz CT molecular complexity index is 268. The van der Waals surface area contributed by atoms with Gasteiger partial charge in [0.15, 0.2) is 0 Å². The zero-order valence-corrected chi connectivity index (χ0v) is 11.5. The number of hydrogen-bond acceptors (Lipinski definition) is 6. The monoisotopic (exact) mass is 276 g/mol. The Hall–Kier alpha value is -1.08. The van der Waals surface area contributed by atoms with Gasteiger partial charge in [0.1, 0.15) is 16.9 Å². The lowest BCUT2D eigenvalue weighted by Crippen LogP contribution is -2.34. The Morgan fingerprint density at radius 2 is 1.26 bits per heavy atom. The molecule has 0 unspecified atom stereocenters. The van der Waals surface area contributed by atoms with Crippen molar-refractivity contribution in [2.24, 2.45) is 5.41 Å². The number of rotatable bonds is 10. The topological polar surface area (TPSA) is 99.4 Å². The summed E-state index contributed by atoms with van der Waals surface area (Å²) in [5.41, 5.74) is -1.57. The number of ether oxygens (including phenoxy) is 2. The number of aliphatic hydroxyl groups is 4. The molecule has 0 heterocycles. The molecule has 0 aromatic heterocycles. The van der Waals surface area contributed by atoms with E-state index in [1.54, 1.807) is 0 Å². The van der Waals surface area contributed by atoms with Gasteiger partial charge in [-0.1, -0.05) is 0 Å². The van der Waals surface area contributed by atoms with Gasteiger partial charge < -0.3 is 29.9 Å². The summed E-state index contributed by atoms with van der Waals surface area (Å²) in [5, 5.41) is 38.7. The molecule has 6 heteroatoms. The van der Waals surface area contributed by atoms with Crippen molar-refractivity contribution in [1.82, 2.24) is 0 Å². The van der Waals surface area contributed by atoms with Crippen molar-refractivity contribution in [3.8, 4) is 0 Å². The molecule has 0 aliphatic carbocycles. The van der Waals surface area contributed by atoms with Crippen molar-refractivity contribution in [1.29, 1.82) is 0 Å². The van der Waals surface area contributed by atoms with E-state index in [1.807, 2.05) is 0 Å². The van der Waals surface area contributed by atoms with E-state index in [9.17, 15) is 20.4 Å². The van der Waals surface area contributed by atoms with E-state index in [2.05, 4.69) is 0 Å². The molecule has 0 bridgehead atoms. The van der Waals surface area contributed by atoms with Gasteiger partial charge in [-0.25, -0.2) is 0 Å². The van der Waals surface area contributed by atoms with E-state index in [4.69, 9.17) is 9.47 Å². The van der Waals surface area contributed by atoms with Crippen LogP contribution in [0.4, 0.5) is 0 Å². The first-order chi connectivity index (χ1) is 9.08. The van der Waals surface area contributed by atoms with Crippen LogP contribution in [0.3, 0.4) is 0 Å². The predicted octanol–water partition coefficient (Wildman–Crippen LogP) is 0.914. The van der Waals surface area contributed by atoms with Crippen LogP contribution in [0.15, 0.2) is 23.7 Å². The van der Waals surface area contributed by atoms with Crippen LogP contribution in [0, 0.1) is 5.41 Å². The second kappa shape index (κ2) is 9.80. The second-order valence-electron chi connectivity index (χ2n) is 4.14. The fraction of sp³-hybridized carbons (Fsp3) is 0.692. The third-order valence-electron chi connectivity index (χ3n) is 2.84. The smallest absolute Gasteiger partial charge is 0.129 e. The van der Waals surface area contributed by atoms with Gasteiger partial charge in [0.2, 0.25) is 0 Å². The molecule has 0 fully saturated rings. The summed E-state index contributed by atoms with van der Waals surface area (Å²) >= 11 is 0. The largest absolute Gasteiger partial charge is 0.511 e. The minimum Gasteiger partial charge on any atom is -0.511 e. The molecule has 0 saturated carbocycles. The zero-order valence-electron chi connectivity index (χ0n) is 11.5. The average molecular weight is 276 g/mol. The summed E-state index contributed by atoms with van der Waals surface area (Å²) < 4.78 is 9.68. The Morgan fingerprint density at radius 3 is 1.53 bits per heavy atom. The van der Waals surface area contributed by atoms with Crippen molar-refractivity contribution in [3.63, 3.8) is 0 Å². The highest BCUT2D eigenvalue weighted by molar-refractivity contribution is 5.21. The molecule has 0 aromatic rings. The standard InChI is InChI=1S/C13H24O6/c1-18-7-3-5-11(16)13(9-14,10-15)12(17)6-4-8-19-2/h5-6,14-17H,3-4,7-10H2,1-2H3. The summed E-state index contributed by atoms with van der Waals surface area (Å²) in [6.45, 7) is -0.418. The lowest BCUT2D eigenvalue weighted by molar-refractivity contribution is 0.0440. The molecule has 112 valence electrons. The fourth-order valence-corrected chi connectivity index (χ4v) is 1.52. The maximum atomic E-state index is 9.97. The van der Waals surface area contributed by atoms with Gasteiger partial charge >= 0.3 is 0 Å². The van der Waals surface area contributed by atoms with E-state index in [0.29, 0.717) is 26.1 Å². The molecule has 0 radical (unpaired) electrons. The van der Waals surface area contributed by atoms with Crippen LogP contribution in [0.5, 0.6) is 0 Å². The summed E-state index contributed by atoms with van der Waals surface area (Å²) in [6, 6.07) is 0. The molecule has 0 aliphatic heterocycles. The fourth-order valence-electron chi connectivity index (χ4n) is 1.52. The van der Waals surface area contributed by atoms with Gasteiger partial charge in [0.05, 0.1) is 13.2 Å². The van der Waals surface area contributed by atoms with Gasteiger partial charge in [0, 0.05) is 27.4 Å². The molecule has 0 atom stereocenters. The molecule has 0 amide bonds. The summed E-state index contributed by atoms with van der Waals surface area (Å²) in [5.74, 6) is -0.554. The molecule has 19 heavy (non-hydrogen) atoms. The average Bonchev–Trinajstić information content (AvgIpc) is 2.41. The Kier molecular flexibility index (Phi) is 9.24. The first-order valence-corrected chi connectivity index (χ1v) is 6.07. The zero-order chi connectivity index (χ0) is 14.7. The maximum Gasteiger partial charge on any atom is 0.129 e. The quantitative estimate of drug-likeness (QED) is 0.350. The predicted molar refractivity (Wildman–Crippen MR) is 71.0 cm³/mol. The third-order valence-corrected chi connectivity index (χ3v) is 2.84. The lowest BCUT2D eigenvalue weighted by Gasteiger charge is -2.28.